The maximum atomic E-state index is 12.5. The first-order chi connectivity index (χ1) is 13.7. The topological polar surface area (TPSA) is 61.4 Å². The molecule has 29 heavy (non-hydrogen) atoms. The summed E-state index contributed by atoms with van der Waals surface area (Å²) in [6.45, 7) is 10.7. The minimum atomic E-state index is -0.340. The van der Waals surface area contributed by atoms with Crippen molar-refractivity contribution >= 4 is 17.5 Å². The van der Waals surface area contributed by atoms with Crippen molar-refractivity contribution in [2.24, 2.45) is 0 Å². The van der Waals surface area contributed by atoms with Gasteiger partial charge in [0.2, 0.25) is 11.8 Å². The summed E-state index contributed by atoms with van der Waals surface area (Å²) < 4.78 is 0. The number of carbonyl (C=O) groups excluding carboxylic acids is 2. The summed E-state index contributed by atoms with van der Waals surface area (Å²) in [6.07, 6.45) is 0. The molecule has 0 fully saturated rings. The van der Waals surface area contributed by atoms with Crippen LogP contribution in [0.25, 0.3) is 0 Å². The number of aryl methyl sites for hydroxylation is 2. The molecule has 2 amide bonds. The molecule has 0 aliphatic rings. The summed E-state index contributed by atoms with van der Waals surface area (Å²) >= 11 is 0. The highest BCUT2D eigenvalue weighted by Gasteiger charge is 2.19. The summed E-state index contributed by atoms with van der Waals surface area (Å²) in [4.78, 5) is 26.7. The van der Waals surface area contributed by atoms with Crippen LogP contribution in [0, 0.1) is 13.8 Å². The first-order valence-electron chi connectivity index (χ1n) is 10.1. The highest BCUT2D eigenvalue weighted by Crippen LogP contribution is 2.19. The van der Waals surface area contributed by atoms with E-state index < -0.39 is 0 Å². The van der Waals surface area contributed by atoms with Crippen LogP contribution >= 0.6 is 0 Å². The van der Waals surface area contributed by atoms with Gasteiger partial charge in [-0.3, -0.25) is 14.5 Å². The predicted molar refractivity (Wildman–Crippen MR) is 119 cm³/mol. The highest BCUT2D eigenvalue weighted by molar-refractivity contribution is 5.96. The molecule has 0 unspecified atom stereocenters. The van der Waals surface area contributed by atoms with Crippen molar-refractivity contribution in [3.63, 3.8) is 0 Å². The number of hydrogen-bond donors (Lipinski definition) is 2. The van der Waals surface area contributed by atoms with Gasteiger partial charge in [-0.15, -0.1) is 0 Å². The SMILES string of the molecule is Cc1cccc(C)c1NC(=O)CNC(=O)[C@@H](C)N(C)Cc1ccc(C(C)C)cc1. The quantitative estimate of drug-likeness (QED) is 0.710. The van der Waals surface area contributed by atoms with Crippen LogP contribution in [0.5, 0.6) is 0 Å². The van der Waals surface area contributed by atoms with Gasteiger partial charge in [0.1, 0.15) is 0 Å². The molecule has 0 saturated carbocycles. The lowest BCUT2D eigenvalue weighted by molar-refractivity contribution is -0.127. The minimum Gasteiger partial charge on any atom is -0.346 e. The van der Waals surface area contributed by atoms with Crippen LogP contribution in [0.4, 0.5) is 5.69 Å². The molecule has 0 aliphatic heterocycles. The average molecular weight is 396 g/mol. The molecular weight excluding hydrogens is 362 g/mol. The molecule has 0 radical (unpaired) electrons. The van der Waals surface area contributed by atoms with Crippen LogP contribution in [-0.4, -0.2) is 36.3 Å². The zero-order chi connectivity index (χ0) is 21.6. The number of benzene rings is 2. The molecule has 156 valence electrons. The zero-order valence-corrected chi connectivity index (χ0v) is 18.4. The van der Waals surface area contributed by atoms with Crippen molar-refractivity contribution in [2.75, 3.05) is 18.9 Å². The maximum Gasteiger partial charge on any atom is 0.243 e. The Hall–Kier alpha value is -2.66. The number of likely N-dealkylation sites (N-methyl/N-ethyl adjacent to an activating group) is 1. The number of anilines is 1. The number of para-hydroxylation sites is 1. The molecule has 2 aromatic rings. The normalized spacial score (nSPS) is 12.1. The van der Waals surface area contributed by atoms with E-state index in [0.29, 0.717) is 12.5 Å². The molecule has 5 heteroatoms. The number of hydrogen-bond acceptors (Lipinski definition) is 3. The summed E-state index contributed by atoms with van der Waals surface area (Å²) in [7, 11) is 1.91. The number of amides is 2. The lowest BCUT2D eigenvalue weighted by Gasteiger charge is -2.24. The smallest absolute Gasteiger partial charge is 0.243 e. The Kier molecular flexibility index (Phi) is 7.97. The number of nitrogens with zero attached hydrogens (tertiary/aromatic N) is 1. The molecule has 0 spiro atoms. The van der Waals surface area contributed by atoms with Crippen molar-refractivity contribution in [1.82, 2.24) is 10.2 Å². The Balaban J connectivity index is 1.85. The van der Waals surface area contributed by atoms with E-state index in [9.17, 15) is 9.59 Å². The second-order valence-corrected chi connectivity index (χ2v) is 8.02. The van der Waals surface area contributed by atoms with Crippen LogP contribution in [0.1, 0.15) is 48.9 Å². The fourth-order valence-electron chi connectivity index (χ4n) is 3.14. The molecule has 0 heterocycles. The lowest BCUT2D eigenvalue weighted by atomic mass is 10.0. The Morgan fingerprint density at radius 2 is 1.55 bits per heavy atom. The van der Waals surface area contributed by atoms with Crippen LogP contribution in [0.3, 0.4) is 0 Å². The van der Waals surface area contributed by atoms with Gasteiger partial charge in [0, 0.05) is 12.2 Å². The summed E-state index contributed by atoms with van der Waals surface area (Å²) in [5.41, 5.74) is 5.27. The van der Waals surface area contributed by atoms with Crippen molar-refractivity contribution < 1.29 is 9.59 Å². The molecule has 1 atom stereocenters. The summed E-state index contributed by atoms with van der Waals surface area (Å²) in [5, 5.41) is 5.63. The summed E-state index contributed by atoms with van der Waals surface area (Å²) in [5.74, 6) is 0.110. The third-order valence-electron chi connectivity index (χ3n) is 5.29. The minimum absolute atomic E-state index is 0.0477. The van der Waals surface area contributed by atoms with E-state index in [1.807, 2.05) is 50.9 Å². The van der Waals surface area contributed by atoms with Gasteiger partial charge >= 0.3 is 0 Å². The fourth-order valence-corrected chi connectivity index (χ4v) is 3.14. The Morgan fingerprint density at radius 1 is 0.966 bits per heavy atom. The van der Waals surface area contributed by atoms with Crippen molar-refractivity contribution in [3.8, 4) is 0 Å². The predicted octanol–water partition coefficient (Wildman–Crippen LogP) is 4.00. The van der Waals surface area contributed by atoms with Gasteiger partial charge in [0.25, 0.3) is 0 Å². The second kappa shape index (κ2) is 10.2. The first kappa shape index (κ1) is 22.6. The standard InChI is InChI=1S/C24H33N3O2/c1-16(2)21-12-10-20(11-13-21)15-27(6)19(5)24(29)25-14-22(28)26-23-17(3)8-7-9-18(23)4/h7-13,16,19H,14-15H2,1-6H3,(H,25,29)(H,26,28)/t19-/m1/s1. The second-order valence-electron chi connectivity index (χ2n) is 8.02. The fraction of sp³-hybridized carbons (Fsp3) is 0.417. The van der Waals surface area contributed by atoms with E-state index in [4.69, 9.17) is 0 Å². The van der Waals surface area contributed by atoms with Gasteiger partial charge in [-0.2, -0.15) is 0 Å². The van der Waals surface area contributed by atoms with E-state index in [1.165, 1.54) is 5.56 Å². The van der Waals surface area contributed by atoms with Crippen LogP contribution < -0.4 is 10.6 Å². The Labute approximate surface area is 174 Å². The lowest BCUT2D eigenvalue weighted by Crippen LogP contribution is -2.45. The van der Waals surface area contributed by atoms with E-state index in [1.54, 1.807) is 0 Å². The molecule has 0 aliphatic carbocycles. The van der Waals surface area contributed by atoms with Crippen molar-refractivity contribution in [2.45, 2.75) is 53.1 Å². The maximum absolute atomic E-state index is 12.5. The number of nitrogens with one attached hydrogen (secondary N) is 2. The largest absolute Gasteiger partial charge is 0.346 e. The molecule has 5 nitrogen and oxygen atoms in total. The van der Waals surface area contributed by atoms with Gasteiger partial charge in [0.15, 0.2) is 0 Å². The Bertz CT molecular complexity index is 823. The van der Waals surface area contributed by atoms with E-state index in [0.717, 1.165) is 22.4 Å². The highest BCUT2D eigenvalue weighted by atomic mass is 16.2. The van der Waals surface area contributed by atoms with E-state index in [-0.39, 0.29) is 24.4 Å². The Morgan fingerprint density at radius 3 is 2.10 bits per heavy atom. The van der Waals surface area contributed by atoms with Gasteiger partial charge in [-0.05, 0) is 56.0 Å². The number of rotatable bonds is 8. The molecule has 2 N–H and O–H groups in total. The molecular formula is C24H33N3O2. The van der Waals surface area contributed by atoms with Crippen molar-refractivity contribution in [3.05, 3.63) is 64.7 Å². The van der Waals surface area contributed by atoms with Gasteiger partial charge in [0.05, 0.1) is 12.6 Å². The van der Waals surface area contributed by atoms with Gasteiger partial charge in [-0.1, -0.05) is 56.3 Å². The van der Waals surface area contributed by atoms with Crippen molar-refractivity contribution in [1.29, 1.82) is 0 Å². The van der Waals surface area contributed by atoms with Crippen LogP contribution in [0.2, 0.25) is 0 Å². The van der Waals surface area contributed by atoms with E-state index >= 15 is 0 Å². The average Bonchev–Trinajstić information content (AvgIpc) is 2.68. The third-order valence-corrected chi connectivity index (χ3v) is 5.29. The van der Waals surface area contributed by atoms with Gasteiger partial charge in [-0.25, -0.2) is 0 Å². The number of carbonyl (C=O) groups is 2. The van der Waals surface area contributed by atoms with Crippen LogP contribution in [-0.2, 0) is 16.1 Å². The molecule has 2 rings (SSSR count). The molecule has 0 saturated heterocycles. The van der Waals surface area contributed by atoms with Crippen LogP contribution in [0.15, 0.2) is 42.5 Å². The molecule has 0 bridgehead atoms. The van der Waals surface area contributed by atoms with E-state index in [2.05, 4.69) is 48.7 Å². The summed E-state index contributed by atoms with van der Waals surface area (Å²) in [6, 6.07) is 14.0. The molecule has 0 aromatic heterocycles. The van der Waals surface area contributed by atoms with Gasteiger partial charge < -0.3 is 10.6 Å². The first-order valence-corrected chi connectivity index (χ1v) is 10.1. The zero-order valence-electron chi connectivity index (χ0n) is 18.4. The third kappa shape index (κ3) is 6.43. The molecule has 2 aromatic carbocycles. The monoisotopic (exact) mass is 395 g/mol.